The Labute approximate surface area is 153 Å². The number of hydrogen-bond donors (Lipinski definition) is 0. The first kappa shape index (κ1) is 18.6. The second-order valence-corrected chi connectivity index (χ2v) is 9.02. The van der Waals surface area contributed by atoms with Crippen LogP contribution in [0.4, 0.5) is 0 Å². The van der Waals surface area contributed by atoms with Gasteiger partial charge in [-0.15, -0.1) is 0 Å². The minimum Gasteiger partial charge on any atom is -0.493 e. The average Bonchev–Trinajstić information content (AvgIpc) is 2.57. The van der Waals surface area contributed by atoms with Gasteiger partial charge < -0.3 is 9.47 Å². The summed E-state index contributed by atoms with van der Waals surface area (Å²) in [5, 5.41) is 0. The van der Waals surface area contributed by atoms with Gasteiger partial charge in [-0.2, -0.15) is 0 Å². The molecule has 1 fully saturated rings. The van der Waals surface area contributed by atoms with Gasteiger partial charge in [0.05, 0.1) is 13.7 Å². The van der Waals surface area contributed by atoms with E-state index in [1.165, 1.54) is 43.5 Å². The van der Waals surface area contributed by atoms with E-state index in [2.05, 4.69) is 44.7 Å². The van der Waals surface area contributed by atoms with Crippen molar-refractivity contribution < 1.29 is 9.47 Å². The summed E-state index contributed by atoms with van der Waals surface area (Å²) in [6.45, 7) is 12.4. The SMILES string of the molecule is CCCOc1cc2c(cc1OC)C1CCC(CC(C)(C)C)CN1CC2. The van der Waals surface area contributed by atoms with E-state index in [0.717, 1.165) is 36.9 Å². The summed E-state index contributed by atoms with van der Waals surface area (Å²) < 4.78 is 11.5. The van der Waals surface area contributed by atoms with Crippen molar-refractivity contribution in [1.82, 2.24) is 4.90 Å². The highest BCUT2D eigenvalue weighted by atomic mass is 16.5. The number of fused-ring (bicyclic) bond motifs is 3. The Morgan fingerprint density at radius 2 is 1.96 bits per heavy atom. The molecule has 1 saturated heterocycles. The van der Waals surface area contributed by atoms with Crippen LogP contribution < -0.4 is 9.47 Å². The second-order valence-electron chi connectivity index (χ2n) is 9.02. The van der Waals surface area contributed by atoms with E-state index in [9.17, 15) is 0 Å². The summed E-state index contributed by atoms with van der Waals surface area (Å²) in [4.78, 5) is 2.72. The molecule has 2 unspecified atom stereocenters. The number of benzene rings is 1. The normalized spacial score (nSPS) is 23.7. The highest BCUT2D eigenvalue weighted by molar-refractivity contribution is 5.49. The molecule has 3 nitrogen and oxygen atoms in total. The molecule has 1 aromatic rings. The van der Waals surface area contributed by atoms with Crippen LogP contribution in [0.25, 0.3) is 0 Å². The van der Waals surface area contributed by atoms with Crippen molar-refractivity contribution in [2.24, 2.45) is 11.3 Å². The Balaban J connectivity index is 1.78. The van der Waals surface area contributed by atoms with Gasteiger partial charge in [-0.1, -0.05) is 27.7 Å². The predicted molar refractivity (Wildman–Crippen MR) is 104 cm³/mol. The Hall–Kier alpha value is -1.22. The average molecular weight is 346 g/mol. The zero-order valence-electron chi connectivity index (χ0n) is 16.7. The van der Waals surface area contributed by atoms with Crippen molar-refractivity contribution in [2.75, 3.05) is 26.8 Å². The van der Waals surface area contributed by atoms with Gasteiger partial charge in [-0.25, -0.2) is 0 Å². The van der Waals surface area contributed by atoms with Crippen LogP contribution in [-0.2, 0) is 6.42 Å². The number of hydrogen-bond acceptors (Lipinski definition) is 3. The van der Waals surface area contributed by atoms with Crippen LogP contribution in [0.1, 0.15) is 70.5 Å². The van der Waals surface area contributed by atoms with Crippen molar-refractivity contribution in [2.45, 2.75) is 65.8 Å². The van der Waals surface area contributed by atoms with Gasteiger partial charge in [0.15, 0.2) is 11.5 Å². The molecule has 0 N–H and O–H groups in total. The second kappa shape index (κ2) is 7.57. The first-order chi connectivity index (χ1) is 11.9. The van der Waals surface area contributed by atoms with Crippen LogP contribution in [0.3, 0.4) is 0 Å². The van der Waals surface area contributed by atoms with E-state index in [-0.39, 0.29) is 0 Å². The van der Waals surface area contributed by atoms with Crippen molar-refractivity contribution in [3.63, 3.8) is 0 Å². The zero-order valence-corrected chi connectivity index (χ0v) is 16.7. The molecule has 25 heavy (non-hydrogen) atoms. The van der Waals surface area contributed by atoms with Gasteiger partial charge in [-0.05, 0) is 66.7 Å². The van der Waals surface area contributed by atoms with Gasteiger partial charge >= 0.3 is 0 Å². The zero-order chi connectivity index (χ0) is 18.0. The molecule has 2 aliphatic rings. The molecule has 140 valence electrons. The maximum Gasteiger partial charge on any atom is 0.161 e. The third-order valence-corrected chi connectivity index (χ3v) is 5.60. The molecule has 0 saturated carbocycles. The van der Waals surface area contributed by atoms with Crippen molar-refractivity contribution in [3.05, 3.63) is 23.3 Å². The molecule has 2 aliphatic heterocycles. The summed E-state index contributed by atoms with van der Waals surface area (Å²) in [6.07, 6.45) is 6.09. The fourth-order valence-corrected chi connectivity index (χ4v) is 4.65. The number of methoxy groups -OCH3 is 1. The van der Waals surface area contributed by atoms with Gasteiger partial charge in [0.2, 0.25) is 0 Å². The third-order valence-electron chi connectivity index (χ3n) is 5.60. The van der Waals surface area contributed by atoms with Crippen LogP contribution >= 0.6 is 0 Å². The lowest BCUT2D eigenvalue weighted by Crippen LogP contribution is -2.43. The summed E-state index contributed by atoms with van der Waals surface area (Å²) in [7, 11) is 1.75. The van der Waals surface area contributed by atoms with E-state index in [4.69, 9.17) is 9.47 Å². The quantitative estimate of drug-likeness (QED) is 0.729. The lowest BCUT2D eigenvalue weighted by atomic mass is 9.77. The lowest BCUT2D eigenvalue weighted by molar-refractivity contribution is 0.0793. The molecule has 0 aliphatic carbocycles. The van der Waals surface area contributed by atoms with Crippen molar-refractivity contribution in [1.29, 1.82) is 0 Å². The van der Waals surface area contributed by atoms with E-state index in [0.29, 0.717) is 11.5 Å². The number of rotatable bonds is 5. The molecule has 0 spiro atoms. The highest BCUT2D eigenvalue weighted by Gasteiger charge is 2.35. The van der Waals surface area contributed by atoms with Gasteiger partial charge in [0, 0.05) is 19.1 Å². The minimum atomic E-state index is 0.430. The molecule has 0 amide bonds. The fraction of sp³-hybridized carbons (Fsp3) is 0.727. The molecule has 1 aromatic carbocycles. The first-order valence-corrected chi connectivity index (χ1v) is 9.99. The molecule has 3 rings (SSSR count). The molecule has 0 bridgehead atoms. The smallest absolute Gasteiger partial charge is 0.161 e. The van der Waals surface area contributed by atoms with Crippen LogP contribution in [0, 0.1) is 11.3 Å². The van der Waals surface area contributed by atoms with Crippen LogP contribution in [0.15, 0.2) is 12.1 Å². The van der Waals surface area contributed by atoms with Gasteiger partial charge in [0.1, 0.15) is 0 Å². The molecule has 0 radical (unpaired) electrons. The highest BCUT2D eigenvalue weighted by Crippen LogP contribution is 2.44. The van der Waals surface area contributed by atoms with Crippen LogP contribution in [0.2, 0.25) is 0 Å². The van der Waals surface area contributed by atoms with Crippen molar-refractivity contribution in [3.8, 4) is 11.5 Å². The number of piperidine rings is 1. The fourth-order valence-electron chi connectivity index (χ4n) is 4.65. The minimum absolute atomic E-state index is 0.430. The summed E-state index contributed by atoms with van der Waals surface area (Å²) in [5.41, 5.74) is 3.36. The monoisotopic (exact) mass is 345 g/mol. The number of nitrogens with zero attached hydrogens (tertiary/aromatic N) is 1. The molecular formula is C22H35NO2. The Morgan fingerprint density at radius 3 is 2.64 bits per heavy atom. The molecule has 2 heterocycles. The van der Waals surface area contributed by atoms with E-state index in [1.54, 1.807) is 7.11 Å². The molecule has 2 atom stereocenters. The Morgan fingerprint density at radius 1 is 1.16 bits per heavy atom. The van der Waals surface area contributed by atoms with Crippen LogP contribution in [-0.4, -0.2) is 31.7 Å². The first-order valence-electron chi connectivity index (χ1n) is 9.99. The third kappa shape index (κ3) is 4.31. The summed E-state index contributed by atoms with van der Waals surface area (Å²) in [5.74, 6) is 2.65. The predicted octanol–water partition coefficient (Wildman–Crippen LogP) is 5.23. The lowest BCUT2D eigenvalue weighted by Gasteiger charge is -2.45. The van der Waals surface area contributed by atoms with E-state index < -0.39 is 0 Å². The van der Waals surface area contributed by atoms with E-state index in [1.807, 2.05) is 0 Å². The van der Waals surface area contributed by atoms with Gasteiger partial charge in [0.25, 0.3) is 0 Å². The molecule has 0 aromatic heterocycles. The van der Waals surface area contributed by atoms with E-state index >= 15 is 0 Å². The van der Waals surface area contributed by atoms with Crippen molar-refractivity contribution >= 4 is 0 Å². The summed E-state index contributed by atoms with van der Waals surface area (Å²) in [6, 6.07) is 5.05. The maximum absolute atomic E-state index is 5.91. The molecular weight excluding hydrogens is 310 g/mol. The Bertz CT molecular complexity index is 590. The summed E-state index contributed by atoms with van der Waals surface area (Å²) >= 11 is 0. The topological polar surface area (TPSA) is 21.7 Å². The largest absolute Gasteiger partial charge is 0.493 e. The number of ether oxygens (including phenoxy) is 2. The molecule has 3 heteroatoms. The van der Waals surface area contributed by atoms with Crippen LogP contribution in [0.5, 0.6) is 11.5 Å². The standard InChI is InChI=1S/C22H35NO2/c1-6-11-25-21-12-17-9-10-23-15-16(14-22(2,3)4)7-8-19(23)18(17)13-20(21)24-5/h12-13,16,19H,6-11,14-15H2,1-5H3. The maximum atomic E-state index is 5.91. The van der Waals surface area contributed by atoms with Gasteiger partial charge in [-0.3, -0.25) is 4.90 Å². The Kier molecular flexibility index (Phi) is 5.62.